The van der Waals surface area contributed by atoms with E-state index in [2.05, 4.69) is 6.92 Å². The van der Waals surface area contributed by atoms with Gasteiger partial charge in [-0.25, -0.2) is 8.78 Å². The predicted octanol–water partition coefficient (Wildman–Crippen LogP) is 2.13. The molecule has 0 N–H and O–H groups in total. The fraction of sp³-hybridized carbons (Fsp3) is 1.00. The molecule has 0 amide bonds. The quantitative estimate of drug-likeness (QED) is 0.616. The lowest BCUT2D eigenvalue weighted by atomic mass is 9.87. The van der Waals surface area contributed by atoms with Crippen LogP contribution in [0.2, 0.25) is 0 Å². The van der Waals surface area contributed by atoms with Crippen molar-refractivity contribution in [3.63, 3.8) is 0 Å². The van der Waals surface area contributed by atoms with Gasteiger partial charge in [-0.05, 0) is 20.0 Å². The highest BCUT2D eigenvalue weighted by atomic mass is 19.3. The van der Waals surface area contributed by atoms with E-state index in [4.69, 9.17) is 0 Å². The van der Waals surface area contributed by atoms with Crippen molar-refractivity contribution in [3.05, 3.63) is 0 Å². The highest BCUT2D eigenvalue weighted by Gasteiger charge is 2.46. The van der Waals surface area contributed by atoms with E-state index >= 15 is 0 Å². The summed E-state index contributed by atoms with van der Waals surface area (Å²) in [6, 6.07) is 0.130. The number of nitrogens with zero attached hydrogens (tertiary/aromatic N) is 1. The Hall–Kier alpha value is -0.180. The fourth-order valence-electron chi connectivity index (χ4n) is 1.48. The molecule has 1 nitrogen and oxygen atoms in total. The molecule has 0 aliphatic heterocycles. The summed E-state index contributed by atoms with van der Waals surface area (Å²) in [5, 5.41) is 0. The zero-order valence-corrected chi connectivity index (χ0v) is 7.11. The minimum Gasteiger partial charge on any atom is -0.303 e. The lowest BCUT2D eigenvalue weighted by molar-refractivity contribution is -0.119. The Balaban J connectivity index is 2.21. The summed E-state index contributed by atoms with van der Waals surface area (Å²) in [6.07, 6.45) is 1.16. The molecule has 11 heavy (non-hydrogen) atoms. The van der Waals surface area contributed by atoms with Crippen LogP contribution >= 0.6 is 0 Å². The normalized spacial score (nSPS) is 23.7. The Morgan fingerprint density at radius 1 is 1.45 bits per heavy atom. The Morgan fingerprint density at radius 2 is 2.00 bits per heavy atom. The molecule has 0 radical (unpaired) electrons. The van der Waals surface area contributed by atoms with Gasteiger partial charge in [-0.1, -0.05) is 6.92 Å². The van der Waals surface area contributed by atoms with Gasteiger partial charge in [0.25, 0.3) is 5.92 Å². The summed E-state index contributed by atoms with van der Waals surface area (Å²) in [5.74, 6) is -2.37. The summed E-state index contributed by atoms with van der Waals surface area (Å²) in [6.45, 7) is 2.99. The van der Waals surface area contributed by atoms with Crippen LogP contribution in [0.1, 0.15) is 26.2 Å². The molecule has 0 unspecified atom stereocenters. The van der Waals surface area contributed by atoms with Crippen molar-refractivity contribution in [2.45, 2.75) is 38.2 Å². The second-order valence-corrected chi connectivity index (χ2v) is 3.40. The van der Waals surface area contributed by atoms with Crippen molar-refractivity contribution >= 4 is 0 Å². The molecule has 66 valence electrons. The van der Waals surface area contributed by atoms with Gasteiger partial charge in [-0.2, -0.15) is 0 Å². The maximum atomic E-state index is 12.4. The molecule has 1 rings (SSSR count). The van der Waals surface area contributed by atoms with Crippen LogP contribution in [0.25, 0.3) is 0 Å². The largest absolute Gasteiger partial charge is 0.303 e. The summed E-state index contributed by atoms with van der Waals surface area (Å²) >= 11 is 0. The number of alkyl halides is 2. The van der Waals surface area contributed by atoms with E-state index in [1.54, 1.807) is 0 Å². The predicted molar refractivity (Wildman–Crippen MR) is 40.9 cm³/mol. The molecule has 0 aromatic rings. The first-order valence-corrected chi connectivity index (χ1v) is 4.13. The number of hydrogen-bond donors (Lipinski definition) is 0. The van der Waals surface area contributed by atoms with Gasteiger partial charge in [0.1, 0.15) is 0 Å². The second-order valence-electron chi connectivity index (χ2n) is 3.40. The zero-order chi connectivity index (χ0) is 8.48. The van der Waals surface area contributed by atoms with E-state index in [0.717, 1.165) is 13.0 Å². The molecule has 3 heteroatoms. The molecule has 0 spiro atoms. The first-order valence-electron chi connectivity index (χ1n) is 4.13. The summed E-state index contributed by atoms with van der Waals surface area (Å²) in [7, 11) is 1.92. The molecule has 0 heterocycles. The minimum atomic E-state index is -2.37. The SMILES string of the molecule is CCCN(C)C1CC(F)(F)C1. The van der Waals surface area contributed by atoms with Crippen LogP contribution in [-0.2, 0) is 0 Å². The smallest absolute Gasteiger partial charge is 0.251 e. The highest BCUT2D eigenvalue weighted by Crippen LogP contribution is 2.39. The maximum absolute atomic E-state index is 12.4. The Kier molecular flexibility index (Phi) is 2.47. The molecule has 0 atom stereocenters. The molecule has 1 aliphatic carbocycles. The number of halogens is 2. The molecule has 0 saturated heterocycles. The van der Waals surface area contributed by atoms with Gasteiger partial charge in [-0.3, -0.25) is 0 Å². The van der Waals surface area contributed by atoms with E-state index in [1.807, 2.05) is 11.9 Å². The van der Waals surface area contributed by atoms with Crippen LogP contribution in [0.4, 0.5) is 8.78 Å². The average molecular weight is 163 g/mol. The van der Waals surface area contributed by atoms with Gasteiger partial charge in [-0.15, -0.1) is 0 Å². The van der Waals surface area contributed by atoms with Crippen LogP contribution in [-0.4, -0.2) is 30.5 Å². The van der Waals surface area contributed by atoms with E-state index in [1.165, 1.54) is 0 Å². The van der Waals surface area contributed by atoms with E-state index in [-0.39, 0.29) is 18.9 Å². The standard InChI is InChI=1S/C8H15F2N/c1-3-4-11(2)7-5-8(9,10)6-7/h7H,3-6H2,1-2H3. The molecule has 0 aromatic heterocycles. The average Bonchev–Trinajstić information content (AvgIpc) is 1.83. The molecular weight excluding hydrogens is 148 g/mol. The third kappa shape index (κ3) is 2.12. The van der Waals surface area contributed by atoms with Crippen LogP contribution in [0.3, 0.4) is 0 Å². The van der Waals surface area contributed by atoms with Crippen LogP contribution in [0, 0.1) is 0 Å². The van der Waals surface area contributed by atoms with Crippen LogP contribution < -0.4 is 0 Å². The van der Waals surface area contributed by atoms with Crippen molar-refractivity contribution < 1.29 is 8.78 Å². The Bertz CT molecular complexity index is 128. The first-order chi connectivity index (χ1) is 5.05. The van der Waals surface area contributed by atoms with Gasteiger partial charge in [0.15, 0.2) is 0 Å². The minimum absolute atomic E-state index is 0.0590. The van der Waals surface area contributed by atoms with Gasteiger partial charge in [0.2, 0.25) is 0 Å². The Morgan fingerprint density at radius 3 is 2.36 bits per heavy atom. The second kappa shape index (κ2) is 3.05. The van der Waals surface area contributed by atoms with Crippen molar-refractivity contribution in [1.82, 2.24) is 4.90 Å². The number of rotatable bonds is 3. The molecule has 1 aliphatic rings. The monoisotopic (exact) mass is 163 g/mol. The first kappa shape index (κ1) is 8.91. The van der Waals surface area contributed by atoms with Crippen LogP contribution in [0.5, 0.6) is 0 Å². The van der Waals surface area contributed by atoms with Crippen molar-refractivity contribution in [2.24, 2.45) is 0 Å². The summed E-state index contributed by atoms with van der Waals surface area (Å²) in [5.41, 5.74) is 0. The molecule has 0 aromatic carbocycles. The van der Waals surface area contributed by atoms with Gasteiger partial charge in [0.05, 0.1) is 0 Å². The highest BCUT2D eigenvalue weighted by molar-refractivity contribution is 4.91. The number of hydrogen-bond acceptors (Lipinski definition) is 1. The zero-order valence-electron chi connectivity index (χ0n) is 7.11. The van der Waals surface area contributed by atoms with E-state index in [0.29, 0.717) is 0 Å². The maximum Gasteiger partial charge on any atom is 0.251 e. The van der Waals surface area contributed by atoms with Crippen molar-refractivity contribution in [2.75, 3.05) is 13.6 Å². The van der Waals surface area contributed by atoms with Gasteiger partial charge >= 0.3 is 0 Å². The van der Waals surface area contributed by atoms with E-state index in [9.17, 15) is 8.78 Å². The van der Waals surface area contributed by atoms with Crippen LogP contribution in [0.15, 0.2) is 0 Å². The topological polar surface area (TPSA) is 3.24 Å². The molecule has 0 bridgehead atoms. The van der Waals surface area contributed by atoms with Crippen molar-refractivity contribution in [3.8, 4) is 0 Å². The lowest BCUT2D eigenvalue weighted by Crippen LogP contribution is -2.49. The molecule has 1 fully saturated rings. The third-order valence-electron chi connectivity index (χ3n) is 2.27. The lowest BCUT2D eigenvalue weighted by Gasteiger charge is -2.40. The third-order valence-corrected chi connectivity index (χ3v) is 2.27. The fourth-order valence-corrected chi connectivity index (χ4v) is 1.48. The Labute approximate surface area is 66.4 Å². The van der Waals surface area contributed by atoms with Gasteiger partial charge in [0, 0.05) is 18.9 Å². The van der Waals surface area contributed by atoms with E-state index < -0.39 is 5.92 Å². The molecule has 1 saturated carbocycles. The molecular formula is C8H15F2N. The van der Waals surface area contributed by atoms with Crippen molar-refractivity contribution in [1.29, 1.82) is 0 Å². The summed E-state index contributed by atoms with van der Waals surface area (Å²) in [4.78, 5) is 2.03. The van der Waals surface area contributed by atoms with Gasteiger partial charge < -0.3 is 4.90 Å². The summed E-state index contributed by atoms with van der Waals surface area (Å²) < 4.78 is 24.7.